The number of aliphatic hydroxyl groups is 1. The van der Waals surface area contributed by atoms with Crippen molar-refractivity contribution in [3.8, 4) is 0 Å². The fraction of sp³-hybridized carbons (Fsp3) is 0.933. The zero-order valence-corrected chi connectivity index (χ0v) is 13.0. The molecule has 0 aliphatic heterocycles. The van der Waals surface area contributed by atoms with Gasteiger partial charge >= 0.3 is 6.09 Å². The van der Waals surface area contributed by atoms with Crippen LogP contribution in [0.25, 0.3) is 0 Å². The van der Waals surface area contributed by atoms with E-state index in [9.17, 15) is 9.90 Å². The van der Waals surface area contributed by atoms with Gasteiger partial charge in [-0.15, -0.1) is 0 Å². The average molecular weight is 271 g/mol. The maximum Gasteiger partial charge on any atom is 0.408 e. The molecule has 19 heavy (non-hydrogen) atoms. The van der Waals surface area contributed by atoms with Crippen molar-refractivity contribution in [2.45, 2.75) is 84.0 Å². The predicted molar refractivity (Wildman–Crippen MR) is 76.0 cm³/mol. The van der Waals surface area contributed by atoms with Crippen LogP contribution in [0.5, 0.6) is 0 Å². The SMILES string of the molecule is CC(C)(CC1CCC(O)CC1)NC(=O)OC(C)(C)C. The summed E-state index contributed by atoms with van der Waals surface area (Å²) in [5, 5.41) is 12.5. The molecule has 0 aromatic carbocycles. The summed E-state index contributed by atoms with van der Waals surface area (Å²) in [5.41, 5.74) is -0.732. The summed E-state index contributed by atoms with van der Waals surface area (Å²) >= 11 is 0. The molecule has 4 heteroatoms. The maximum atomic E-state index is 11.8. The van der Waals surface area contributed by atoms with Crippen molar-refractivity contribution in [2.75, 3.05) is 0 Å². The molecule has 1 rings (SSSR count). The summed E-state index contributed by atoms with van der Waals surface area (Å²) in [7, 11) is 0. The Morgan fingerprint density at radius 2 is 1.68 bits per heavy atom. The smallest absolute Gasteiger partial charge is 0.408 e. The minimum Gasteiger partial charge on any atom is -0.444 e. The molecule has 0 aromatic heterocycles. The van der Waals surface area contributed by atoms with Crippen molar-refractivity contribution < 1.29 is 14.6 Å². The highest BCUT2D eigenvalue weighted by Gasteiger charge is 2.29. The highest BCUT2D eigenvalue weighted by molar-refractivity contribution is 5.68. The molecular formula is C15H29NO3. The molecule has 4 nitrogen and oxygen atoms in total. The van der Waals surface area contributed by atoms with E-state index in [0.29, 0.717) is 5.92 Å². The van der Waals surface area contributed by atoms with Gasteiger partial charge in [-0.3, -0.25) is 0 Å². The molecule has 1 saturated carbocycles. The molecule has 1 amide bonds. The van der Waals surface area contributed by atoms with E-state index in [-0.39, 0.29) is 17.7 Å². The van der Waals surface area contributed by atoms with Gasteiger partial charge in [-0.05, 0) is 72.6 Å². The first-order valence-corrected chi connectivity index (χ1v) is 7.27. The van der Waals surface area contributed by atoms with Crippen LogP contribution in [0.2, 0.25) is 0 Å². The Balaban J connectivity index is 2.40. The van der Waals surface area contributed by atoms with E-state index >= 15 is 0 Å². The van der Waals surface area contributed by atoms with Gasteiger partial charge < -0.3 is 15.2 Å². The molecule has 0 spiro atoms. The van der Waals surface area contributed by atoms with Crippen molar-refractivity contribution >= 4 is 6.09 Å². The van der Waals surface area contributed by atoms with Gasteiger partial charge in [0.05, 0.1) is 6.10 Å². The van der Waals surface area contributed by atoms with E-state index in [1.54, 1.807) is 0 Å². The Hall–Kier alpha value is -0.770. The third-order valence-corrected chi connectivity index (χ3v) is 3.45. The molecular weight excluding hydrogens is 242 g/mol. The lowest BCUT2D eigenvalue weighted by Gasteiger charge is -2.34. The number of aliphatic hydroxyl groups excluding tert-OH is 1. The van der Waals surface area contributed by atoms with Gasteiger partial charge in [-0.2, -0.15) is 0 Å². The summed E-state index contributed by atoms with van der Waals surface area (Å²) < 4.78 is 5.29. The van der Waals surface area contributed by atoms with Crippen LogP contribution in [-0.2, 0) is 4.74 Å². The Labute approximate surface area is 116 Å². The normalized spacial score (nSPS) is 24.9. The highest BCUT2D eigenvalue weighted by Crippen LogP contribution is 2.30. The first-order chi connectivity index (χ1) is 8.57. The topological polar surface area (TPSA) is 58.6 Å². The Morgan fingerprint density at radius 1 is 1.16 bits per heavy atom. The largest absolute Gasteiger partial charge is 0.444 e. The zero-order chi connectivity index (χ0) is 14.7. The quantitative estimate of drug-likeness (QED) is 0.828. The van der Waals surface area contributed by atoms with E-state index in [1.165, 1.54) is 0 Å². The monoisotopic (exact) mass is 271 g/mol. The fourth-order valence-corrected chi connectivity index (χ4v) is 2.70. The summed E-state index contributed by atoms with van der Waals surface area (Å²) in [5.74, 6) is 0.577. The summed E-state index contributed by atoms with van der Waals surface area (Å²) in [4.78, 5) is 11.8. The third-order valence-electron chi connectivity index (χ3n) is 3.45. The van der Waals surface area contributed by atoms with Crippen LogP contribution in [0.1, 0.15) is 66.7 Å². The first-order valence-electron chi connectivity index (χ1n) is 7.27. The third kappa shape index (κ3) is 6.81. The molecule has 2 N–H and O–H groups in total. The molecule has 112 valence electrons. The van der Waals surface area contributed by atoms with Gasteiger partial charge in [0, 0.05) is 5.54 Å². The molecule has 0 unspecified atom stereocenters. The zero-order valence-electron chi connectivity index (χ0n) is 13.0. The minimum absolute atomic E-state index is 0.127. The van der Waals surface area contributed by atoms with E-state index in [4.69, 9.17) is 4.74 Å². The van der Waals surface area contributed by atoms with Crippen LogP contribution in [0, 0.1) is 5.92 Å². The lowest BCUT2D eigenvalue weighted by Crippen LogP contribution is -2.47. The average Bonchev–Trinajstić information content (AvgIpc) is 2.17. The number of hydrogen-bond acceptors (Lipinski definition) is 3. The Morgan fingerprint density at radius 3 is 2.16 bits per heavy atom. The number of carbonyl (C=O) groups excluding carboxylic acids is 1. The van der Waals surface area contributed by atoms with E-state index < -0.39 is 5.60 Å². The molecule has 0 saturated heterocycles. The molecule has 0 bridgehead atoms. The lowest BCUT2D eigenvalue weighted by molar-refractivity contribution is 0.0440. The van der Waals surface area contributed by atoms with Crippen LogP contribution in [0.4, 0.5) is 4.79 Å². The van der Waals surface area contributed by atoms with Crippen LogP contribution in [0.15, 0.2) is 0 Å². The molecule has 1 aliphatic rings. The van der Waals surface area contributed by atoms with Crippen molar-refractivity contribution in [1.82, 2.24) is 5.32 Å². The number of ether oxygens (including phenoxy) is 1. The van der Waals surface area contributed by atoms with Crippen molar-refractivity contribution in [1.29, 1.82) is 0 Å². The number of alkyl carbamates (subject to hydrolysis) is 1. The second-order valence-corrected chi connectivity index (χ2v) is 7.39. The number of carbonyl (C=O) groups is 1. The van der Waals surface area contributed by atoms with Gasteiger partial charge in [-0.1, -0.05) is 0 Å². The maximum absolute atomic E-state index is 11.8. The Kier molecular flexibility index (Phi) is 5.25. The van der Waals surface area contributed by atoms with E-state index in [2.05, 4.69) is 5.32 Å². The predicted octanol–water partition coefficient (Wildman–Crippen LogP) is 3.23. The standard InChI is InChI=1S/C15H29NO3/c1-14(2,3)19-13(18)16-15(4,5)10-11-6-8-12(17)9-7-11/h11-12,17H,6-10H2,1-5H3,(H,16,18). The second kappa shape index (κ2) is 6.12. The van der Waals surface area contributed by atoms with Crippen LogP contribution in [-0.4, -0.2) is 28.4 Å². The Bertz CT molecular complexity index is 299. The van der Waals surface area contributed by atoms with Gasteiger partial charge in [0.15, 0.2) is 0 Å². The van der Waals surface area contributed by atoms with E-state index in [0.717, 1.165) is 32.1 Å². The van der Waals surface area contributed by atoms with Crippen LogP contribution >= 0.6 is 0 Å². The van der Waals surface area contributed by atoms with Gasteiger partial charge in [-0.25, -0.2) is 4.79 Å². The van der Waals surface area contributed by atoms with Gasteiger partial charge in [0.2, 0.25) is 0 Å². The number of nitrogens with one attached hydrogen (secondary N) is 1. The number of hydrogen-bond donors (Lipinski definition) is 2. The molecule has 0 aromatic rings. The summed E-state index contributed by atoms with van der Waals surface area (Å²) in [6.45, 7) is 9.65. The fourth-order valence-electron chi connectivity index (χ4n) is 2.70. The van der Waals surface area contributed by atoms with Gasteiger partial charge in [0.1, 0.15) is 5.60 Å². The second-order valence-electron chi connectivity index (χ2n) is 7.39. The van der Waals surface area contributed by atoms with Gasteiger partial charge in [0.25, 0.3) is 0 Å². The van der Waals surface area contributed by atoms with Crippen LogP contribution in [0.3, 0.4) is 0 Å². The minimum atomic E-state index is -0.463. The molecule has 0 heterocycles. The summed E-state index contributed by atoms with van der Waals surface area (Å²) in [6, 6.07) is 0. The lowest BCUT2D eigenvalue weighted by atomic mass is 9.80. The molecule has 0 radical (unpaired) electrons. The molecule has 0 atom stereocenters. The first kappa shape index (κ1) is 16.3. The number of amides is 1. The van der Waals surface area contributed by atoms with Crippen molar-refractivity contribution in [2.24, 2.45) is 5.92 Å². The number of rotatable bonds is 3. The van der Waals surface area contributed by atoms with Crippen LogP contribution < -0.4 is 5.32 Å². The van der Waals surface area contributed by atoms with Crippen molar-refractivity contribution in [3.63, 3.8) is 0 Å². The molecule has 1 fully saturated rings. The molecule has 1 aliphatic carbocycles. The highest BCUT2D eigenvalue weighted by atomic mass is 16.6. The van der Waals surface area contributed by atoms with Crippen molar-refractivity contribution in [3.05, 3.63) is 0 Å². The van der Waals surface area contributed by atoms with E-state index in [1.807, 2.05) is 34.6 Å². The summed E-state index contributed by atoms with van der Waals surface area (Å²) in [6.07, 6.45) is 4.30.